The van der Waals surface area contributed by atoms with E-state index in [1.54, 1.807) is 18.7 Å². The Hall–Kier alpha value is -3.15. The third-order valence-corrected chi connectivity index (χ3v) is 5.39. The Bertz CT molecular complexity index is 982. The summed E-state index contributed by atoms with van der Waals surface area (Å²) in [7, 11) is 0. The van der Waals surface area contributed by atoms with Crippen molar-refractivity contribution in [3.63, 3.8) is 0 Å². The Morgan fingerprint density at radius 2 is 1.71 bits per heavy atom. The topological polar surface area (TPSA) is 75.7 Å². The summed E-state index contributed by atoms with van der Waals surface area (Å²) in [6, 6.07) is 13.5. The molecule has 1 N–H and O–H groups in total. The van der Waals surface area contributed by atoms with Crippen LogP contribution in [0.4, 0.5) is 10.5 Å². The minimum Gasteiger partial charge on any atom is -0.447 e. The van der Waals surface area contributed by atoms with Crippen LogP contribution in [0.1, 0.15) is 58.2 Å². The number of ketones is 1. The zero-order valence-electron chi connectivity index (χ0n) is 18.8. The average molecular weight is 423 g/mol. The Morgan fingerprint density at radius 3 is 2.29 bits per heavy atom. The van der Waals surface area contributed by atoms with Gasteiger partial charge in [-0.05, 0) is 68.5 Å². The van der Waals surface area contributed by atoms with Crippen LogP contribution in [0.3, 0.4) is 0 Å². The molecule has 0 unspecified atom stereocenters. The van der Waals surface area contributed by atoms with E-state index in [0.29, 0.717) is 12.8 Å². The predicted molar refractivity (Wildman–Crippen MR) is 121 cm³/mol. The van der Waals surface area contributed by atoms with Crippen molar-refractivity contribution in [1.82, 2.24) is 5.32 Å². The van der Waals surface area contributed by atoms with Crippen LogP contribution in [-0.4, -0.2) is 29.9 Å². The van der Waals surface area contributed by atoms with Gasteiger partial charge in [0.1, 0.15) is 5.78 Å². The van der Waals surface area contributed by atoms with Gasteiger partial charge in [-0.1, -0.05) is 30.3 Å². The lowest BCUT2D eigenvalue weighted by molar-refractivity contribution is -0.117. The first-order chi connectivity index (χ1) is 14.7. The van der Waals surface area contributed by atoms with Gasteiger partial charge in [0.05, 0.1) is 12.1 Å². The van der Waals surface area contributed by atoms with Gasteiger partial charge in [0.15, 0.2) is 0 Å². The predicted octanol–water partition coefficient (Wildman–Crippen LogP) is 4.81. The molecule has 0 fully saturated rings. The van der Waals surface area contributed by atoms with E-state index >= 15 is 0 Å². The van der Waals surface area contributed by atoms with Gasteiger partial charge in [0.2, 0.25) is 5.91 Å². The number of Topliss-reactive ketones (excluding diaryl/α,β-unsaturated/α-hetero) is 1. The van der Waals surface area contributed by atoms with Crippen molar-refractivity contribution < 1.29 is 19.1 Å². The molecule has 6 nitrogen and oxygen atoms in total. The molecule has 0 aromatic heterocycles. The first-order valence-electron chi connectivity index (χ1n) is 10.7. The molecule has 6 heteroatoms. The molecule has 0 bridgehead atoms. The number of alkyl carbamates (subject to hydrolysis) is 1. The van der Waals surface area contributed by atoms with Crippen LogP contribution >= 0.6 is 0 Å². The van der Waals surface area contributed by atoms with Crippen molar-refractivity contribution >= 4 is 23.5 Å². The maximum atomic E-state index is 12.3. The molecule has 2 amide bonds. The number of anilines is 1. The molecule has 0 saturated heterocycles. The molecule has 31 heavy (non-hydrogen) atoms. The number of hydrogen-bond acceptors (Lipinski definition) is 4. The molecule has 0 radical (unpaired) electrons. The third-order valence-electron chi connectivity index (χ3n) is 5.39. The zero-order chi connectivity index (χ0) is 22.7. The van der Waals surface area contributed by atoms with Crippen molar-refractivity contribution in [2.45, 2.75) is 65.6 Å². The summed E-state index contributed by atoms with van der Waals surface area (Å²) in [5, 5.41) is 2.97. The van der Waals surface area contributed by atoms with E-state index in [0.717, 1.165) is 27.9 Å². The van der Waals surface area contributed by atoms with Crippen LogP contribution in [-0.2, 0) is 20.7 Å². The first kappa shape index (κ1) is 22.5. The third kappa shape index (κ3) is 5.32. The average Bonchev–Trinajstić information content (AvgIpc) is 2.67. The SMILES string of the molecule is CC(=O)Cc1ccc(-c2ccc3c(c2)[C@H](NC(=O)OC(C)C)C[C@H](C)N3C(C)=O)cc1. The number of nitrogens with zero attached hydrogens (tertiary/aromatic N) is 1. The van der Waals surface area contributed by atoms with Crippen LogP contribution in [0.2, 0.25) is 0 Å². The molecule has 3 rings (SSSR count). The summed E-state index contributed by atoms with van der Waals surface area (Å²) < 4.78 is 5.28. The number of hydrogen-bond donors (Lipinski definition) is 1. The van der Waals surface area contributed by atoms with Crippen molar-refractivity contribution in [2.75, 3.05) is 4.90 Å². The second-order valence-electron chi connectivity index (χ2n) is 8.47. The molecule has 0 spiro atoms. The van der Waals surface area contributed by atoms with E-state index in [1.165, 1.54) is 0 Å². The summed E-state index contributed by atoms with van der Waals surface area (Å²) in [4.78, 5) is 37.7. The van der Waals surface area contributed by atoms with Crippen molar-refractivity contribution in [3.05, 3.63) is 53.6 Å². The van der Waals surface area contributed by atoms with Crippen LogP contribution in [0, 0.1) is 0 Å². The summed E-state index contributed by atoms with van der Waals surface area (Å²) in [5.74, 6) is 0.0977. The van der Waals surface area contributed by atoms with Crippen LogP contribution in [0.5, 0.6) is 0 Å². The van der Waals surface area contributed by atoms with E-state index in [2.05, 4.69) is 5.32 Å². The number of amides is 2. The van der Waals surface area contributed by atoms with Crippen molar-refractivity contribution in [2.24, 2.45) is 0 Å². The Balaban J connectivity index is 1.97. The minimum absolute atomic E-state index is 0.0294. The monoisotopic (exact) mass is 422 g/mol. The Labute approximate surface area is 183 Å². The van der Waals surface area contributed by atoms with Gasteiger partial charge < -0.3 is 15.0 Å². The van der Waals surface area contributed by atoms with Crippen LogP contribution in [0.25, 0.3) is 11.1 Å². The largest absolute Gasteiger partial charge is 0.447 e. The number of ether oxygens (including phenoxy) is 1. The molecule has 2 atom stereocenters. The van der Waals surface area contributed by atoms with Crippen molar-refractivity contribution in [3.8, 4) is 11.1 Å². The highest BCUT2D eigenvalue weighted by Crippen LogP contribution is 2.39. The zero-order valence-corrected chi connectivity index (χ0v) is 18.8. The van der Waals surface area contributed by atoms with Gasteiger partial charge in [-0.3, -0.25) is 9.59 Å². The lowest BCUT2D eigenvalue weighted by Crippen LogP contribution is -2.45. The number of carbonyl (C=O) groups is 3. The van der Waals surface area contributed by atoms with E-state index in [4.69, 9.17) is 4.74 Å². The Kier molecular flexibility index (Phi) is 6.78. The van der Waals surface area contributed by atoms with E-state index in [1.807, 2.05) is 63.2 Å². The number of carbonyl (C=O) groups excluding carboxylic acids is 3. The smallest absolute Gasteiger partial charge is 0.407 e. The van der Waals surface area contributed by atoms with Gasteiger partial charge >= 0.3 is 6.09 Å². The number of rotatable bonds is 5. The normalized spacial score (nSPS) is 17.8. The van der Waals surface area contributed by atoms with Gasteiger partial charge in [-0.25, -0.2) is 4.79 Å². The van der Waals surface area contributed by atoms with Gasteiger partial charge in [0.25, 0.3) is 0 Å². The first-order valence-corrected chi connectivity index (χ1v) is 10.7. The lowest BCUT2D eigenvalue weighted by Gasteiger charge is -2.39. The summed E-state index contributed by atoms with van der Waals surface area (Å²) >= 11 is 0. The molecule has 1 aliphatic rings. The van der Waals surface area contributed by atoms with Crippen LogP contribution in [0.15, 0.2) is 42.5 Å². The number of nitrogens with one attached hydrogen (secondary N) is 1. The van der Waals surface area contributed by atoms with Crippen molar-refractivity contribution in [1.29, 1.82) is 0 Å². The maximum absolute atomic E-state index is 12.3. The maximum Gasteiger partial charge on any atom is 0.407 e. The highest BCUT2D eigenvalue weighted by molar-refractivity contribution is 5.94. The van der Waals surface area contributed by atoms with Gasteiger partial charge in [-0.2, -0.15) is 0 Å². The summed E-state index contributed by atoms with van der Waals surface area (Å²) in [6.07, 6.45) is 0.336. The molecule has 1 aliphatic heterocycles. The summed E-state index contributed by atoms with van der Waals surface area (Å²) in [5.41, 5.74) is 4.65. The second kappa shape index (κ2) is 9.33. The van der Waals surface area contributed by atoms with E-state index in [9.17, 15) is 14.4 Å². The molecule has 164 valence electrons. The fourth-order valence-electron chi connectivity index (χ4n) is 4.15. The quantitative estimate of drug-likeness (QED) is 0.751. The lowest BCUT2D eigenvalue weighted by atomic mass is 9.89. The standard InChI is InChI=1S/C25H30N2O4/c1-15(2)31-25(30)26-23-12-16(3)27(18(5)29)24-11-10-21(14-22(23)24)20-8-6-19(7-9-20)13-17(4)28/h6-11,14-16,23H,12-13H2,1-5H3,(H,26,30)/t16-,23+/m0/s1. The van der Waals surface area contributed by atoms with Crippen LogP contribution < -0.4 is 10.2 Å². The highest BCUT2D eigenvalue weighted by Gasteiger charge is 2.33. The highest BCUT2D eigenvalue weighted by atomic mass is 16.6. The molecular formula is C25H30N2O4. The number of benzene rings is 2. The van der Waals surface area contributed by atoms with Gasteiger partial charge in [0, 0.05) is 25.1 Å². The second-order valence-corrected chi connectivity index (χ2v) is 8.47. The molecule has 2 aromatic rings. The fraction of sp³-hybridized carbons (Fsp3) is 0.400. The fourth-order valence-corrected chi connectivity index (χ4v) is 4.15. The van der Waals surface area contributed by atoms with Gasteiger partial charge in [-0.15, -0.1) is 0 Å². The molecule has 1 heterocycles. The minimum atomic E-state index is -0.464. The summed E-state index contributed by atoms with van der Waals surface area (Å²) in [6.45, 7) is 8.73. The molecular weight excluding hydrogens is 392 g/mol. The molecule has 0 saturated carbocycles. The molecule has 2 aromatic carbocycles. The van der Waals surface area contributed by atoms with E-state index < -0.39 is 6.09 Å². The number of fused-ring (bicyclic) bond motifs is 1. The molecule has 0 aliphatic carbocycles. The Morgan fingerprint density at radius 1 is 1.06 bits per heavy atom. The van der Waals surface area contributed by atoms with E-state index in [-0.39, 0.29) is 29.9 Å².